The van der Waals surface area contributed by atoms with Crippen LogP contribution >= 0.6 is 0 Å². The SMILES string of the molecule is CCC(CC)CNC(CN)CC(C)(C)OC. The molecule has 3 N–H and O–H groups in total. The molecule has 1 unspecified atom stereocenters. The predicted octanol–water partition coefficient (Wildman–Crippen LogP) is 2.15. The summed E-state index contributed by atoms with van der Waals surface area (Å²) in [6, 6.07) is 0.357. The lowest BCUT2D eigenvalue weighted by molar-refractivity contribution is 0.00748. The van der Waals surface area contributed by atoms with Crippen LogP contribution in [0.5, 0.6) is 0 Å². The molecule has 0 saturated carbocycles. The minimum atomic E-state index is -0.0923. The molecule has 1 atom stereocenters. The van der Waals surface area contributed by atoms with Crippen molar-refractivity contribution >= 4 is 0 Å². The third kappa shape index (κ3) is 6.46. The fraction of sp³-hybridized carbons (Fsp3) is 1.00. The molecule has 0 amide bonds. The Kier molecular flexibility index (Phi) is 7.98. The second-order valence-corrected chi connectivity index (χ2v) is 5.19. The van der Waals surface area contributed by atoms with Crippen LogP contribution in [0.2, 0.25) is 0 Å². The van der Waals surface area contributed by atoms with Crippen molar-refractivity contribution in [3.05, 3.63) is 0 Å². The largest absolute Gasteiger partial charge is 0.379 e. The zero-order valence-corrected chi connectivity index (χ0v) is 11.7. The highest BCUT2D eigenvalue weighted by Crippen LogP contribution is 2.15. The van der Waals surface area contributed by atoms with Crippen molar-refractivity contribution < 1.29 is 4.74 Å². The molecule has 3 nitrogen and oxygen atoms in total. The Balaban J connectivity index is 4.01. The summed E-state index contributed by atoms with van der Waals surface area (Å²) < 4.78 is 5.43. The van der Waals surface area contributed by atoms with E-state index in [9.17, 15) is 0 Å². The molecule has 0 aliphatic rings. The molecule has 0 aliphatic heterocycles. The van der Waals surface area contributed by atoms with Crippen molar-refractivity contribution in [1.82, 2.24) is 5.32 Å². The summed E-state index contributed by atoms with van der Waals surface area (Å²) in [5, 5.41) is 3.56. The molecule has 0 rings (SSSR count). The Morgan fingerprint density at radius 3 is 2.19 bits per heavy atom. The highest BCUT2D eigenvalue weighted by atomic mass is 16.5. The van der Waals surface area contributed by atoms with Gasteiger partial charge >= 0.3 is 0 Å². The highest BCUT2D eigenvalue weighted by molar-refractivity contribution is 4.79. The summed E-state index contributed by atoms with van der Waals surface area (Å²) >= 11 is 0. The number of ether oxygens (including phenoxy) is 1. The molecule has 0 aromatic rings. The Morgan fingerprint density at radius 1 is 1.25 bits per heavy atom. The maximum atomic E-state index is 5.79. The van der Waals surface area contributed by atoms with Crippen LogP contribution < -0.4 is 11.1 Å². The number of rotatable bonds is 9. The molecule has 0 aromatic heterocycles. The van der Waals surface area contributed by atoms with Crippen molar-refractivity contribution in [2.24, 2.45) is 11.7 Å². The van der Waals surface area contributed by atoms with Crippen LogP contribution in [0, 0.1) is 5.92 Å². The minimum absolute atomic E-state index is 0.0923. The zero-order chi connectivity index (χ0) is 12.6. The van der Waals surface area contributed by atoms with E-state index in [4.69, 9.17) is 10.5 Å². The molecule has 0 radical (unpaired) electrons. The van der Waals surface area contributed by atoms with E-state index in [1.165, 1.54) is 12.8 Å². The van der Waals surface area contributed by atoms with Gasteiger partial charge in [-0.05, 0) is 32.7 Å². The van der Waals surface area contributed by atoms with E-state index < -0.39 is 0 Å². The van der Waals surface area contributed by atoms with Crippen LogP contribution in [0.3, 0.4) is 0 Å². The van der Waals surface area contributed by atoms with E-state index in [0.29, 0.717) is 12.6 Å². The van der Waals surface area contributed by atoms with Gasteiger partial charge in [-0.3, -0.25) is 0 Å². The van der Waals surface area contributed by atoms with Gasteiger partial charge in [-0.15, -0.1) is 0 Å². The normalized spacial score (nSPS) is 14.4. The van der Waals surface area contributed by atoms with E-state index in [2.05, 4.69) is 33.0 Å². The number of hydrogen-bond donors (Lipinski definition) is 2. The monoisotopic (exact) mass is 230 g/mol. The van der Waals surface area contributed by atoms with Gasteiger partial charge in [0.15, 0.2) is 0 Å². The molecule has 0 bridgehead atoms. The average molecular weight is 230 g/mol. The van der Waals surface area contributed by atoms with Gasteiger partial charge in [0.05, 0.1) is 5.60 Å². The lowest BCUT2D eigenvalue weighted by Crippen LogP contribution is -2.44. The van der Waals surface area contributed by atoms with E-state index in [1.807, 2.05) is 0 Å². The molecular formula is C13H30N2O. The minimum Gasteiger partial charge on any atom is -0.379 e. The molecular weight excluding hydrogens is 200 g/mol. The molecule has 0 fully saturated rings. The third-order valence-electron chi connectivity index (χ3n) is 3.42. The first-order valence-electron chi connectivity index (χ1n) is 6.47. The third-order valence-corrected chi connectivity index (χ3v) is 3.42. The average Bonchev–Trinajstić information content (AvgIpc) is 2.28. The summed E-state index contributed by atoms with van der Waals surface area (Å²) in [6.07, 6.45) is 3.42. The van der Waals surface area contributed by atoms with Crippen molar-refractivity contribution in [3.63, 3.8) is 0 Å². The first kappa shape index (κ1) is 15.9. The highest BCUT2D eigenvalue weighted by Gasteiger charge is 2.22. The lowest BCUT2D eigenvalue weighted by Gasteiger charge is -2.29. The van der Waals surface area contributed by atoms with Gasteiger partial charge in [-0.25, -0.2) is 0 Å². The number of hydrogen-bond acceptors (Lipinski definition) is 3. The van der Waals surface area contributed by atoms with Crippen LogP contribution in [-0.4, -0.2) is 31.8 Å². The van der Waals surface area contributed by atoms with Crippen LogP contribution in [0.25, 0.3) is 0 Å². The van der Waals surface area contributed by atoms with Crippen LogP contribution in [-0.2, 0) is 4.74 Å². The Labute approximate surface area is 101 Å². The van der Waals surface area contributed by atoms with Gasteiger partial charge in [0.25, 0.3) is 0 Å². The molecule has 0 spiro atoms. The smallest absolute Gasteiger partial charge is 0.0638 e. The van der Waals surface area contributed by atoms with Gasteiger partial charge in [-0.1, -0.05) is 26.7 Å². The number of methoxy groups -OCH3 is 1. The number of nitrogens with one attached hydrogen (secondary N) is 1. The van der Waals surface area contributed by atoms with E-state index >= 15 is 0 Å². The van der Waals surface area contributed by atoms with Gasteiger partial charge in [0, 0.05) is 19.7 Å². The summed E-state index contributed by atoms with van der Waals surface area (Å²) in [7, 11) is 1.76. The maximum Gasteiger partial charge on any atom is 0.0638 e. The van der Waals surface area contributed by atoms with E-state index in [1.54, 1.807) is 7.11 Å². The Hall–Kier alpha value is -0.120. The molecule has 16 heavy (non-hydrogen) atoms. The fourth-order valence-corrected chi connectivity index (χ4v) is 1.83. The van der Waals surface area contributed by atoms with Crippen molar-refractivity contribution in [1.29, 1.82) is 0 Å². The first-order chi connectivity index (χ1) is 7.49. The van der Waals surface area contributed by atoms with Crippen molar-refractivity contribution in [2.75, 3.05) is 20.2 Å². The first-order valence-corrected chi connectivity index (χ1v) is 6.47. The van der Waals surface area contributed by atoms with Crippen molar-refractivity contribution in [3.8, 4) is 0 Å². The zero-order valence-electron chi connectivity index (χ0n) is 11.7. The molecule has 0 heterocycles. The molecule has 0 aromatic carbocycles. The fourth-order valence-electron chi connectivity index (χ4n) is 1.83. The second-order valence-electron chi connectivity index (χ2n) is 5.19. The van der Waals surface area contributed by atoms with Gasteiger partial charge in [0.2, 0.25) is 0 Å². The quantitative estimate of drug-likeness (QED) is 0.638. The second kappa shape index (κ2) is 8.04. The Bertz CT molecular complexity index is 167. The van der Waals surface area contributed by atoms with Gasteiger partial charge in [0.1, 0.15) is 0 Å². The van der Waals surface area contributed by atoms with E-state index in [0.717, 1.165) is 18.9 Å². The predicted molar refractivity (Wildman–Crippen MR) is 70.6 cm³/mol. The van der Waals surface area contributed by atoms with E-state index in [-0.39, 0.29) is 5.60 Å². The molecule has 0 saturated heterocycles. The molecule has 0 aliphatic carbocycles. The van der Waals surface area contributed by atoms with Crippen molar-refractivity contribution in [2.45, 2.75) is 58.6 Å². The molecule has 3 heteroatoms. The standard InChI is InChI=1S/C13H30N2O/c1-6-11(7-2)10-15-12(9-14)8-13(3,4)16-5/h11-12,15H,6-10,14H2,1-5H3. The summed E-state index contributed by atoms with van der Waals surface area (Å²) in [6.45, 7) is 10.4. The van der Waals surface area contributed by atoms with Crippen LogP contribution in [0.1, 0.15) is 47.0 Å². The summed E-state index contributed by atoms with van der Waals surface area (Å²) in [4.78, 5) is 0. The van der Waals surface area contributed by atoms with Crippen LogP contribution in [0.4, 0.5) is 0 Å². The van der Waals surface area contributed by atoms with Crippen LogP contribution in [0.15, 0.2) is 0 Å². The lowest BCUT2D eigenvalue weighted by atomic mass is 9.97. The Morgan fingerprint density at radius 2 is 1.81 bits per heavy atom. The summed E-state index contributed by atoms with van der Waals surface area (Å²) in [5.41, 5.74) is 5.69. The van der Waals surface area contributed by atoms with Gasteiger partial charge in [-0.2, -0.15) is 0 Å². The van der Waals surface area contributed by atoms with Gasteiger partial charge < -0.3 is 15.8 Å². The molecule has 98 valence electrons. The topological polar surface area (TPSA) is 47.3 Å². The number of nitrogens with two attached hydrogens (primary N) is 1. The summed E-state index contributed by atoms with van der Waals surface area (Å²) in [5.74, 6) is 0.764. The maximum absolute atomic E-state index is 5.79.